The van der Waals surface area contributed by atoms with Crippen molar-refractivity contribution < 1.29 is 14.3 Å². The molecular weight excluding hydrogens is 328 g/mol. The van der Waals surface area contributed by atoms with E-state index in [-0.39, 0.29) is 12.0 Å². The fraction of sp³-hybridized carbons (Fsp3) is 0.667. The molecule has 2 heterocycles. The van der Waals surface area contributed by atoms with Crippen LogP contribution in [0.2, 0.25) is 5.02 Å². The van der Waals surface area contributed by atoms with Gasteiger partial charge in [-0.15, -0.1) is 0 Å². The quantitative estimate of drug-likeness (QED) is 0.879. The zero-order valence-corrected chi connectivity index (χ0v) is 14.7. The molecule has 0 bridgehead atoms. The summed E-state index contributed by atoms with van der Waals surface area (Å²) in [4.78, 5) is 16.5. The van der Waals surface area contributed by atoms with Crippen LogP contribution in [0.3, 0.4) is 0 Å². The predicted octanol–water partition coefficient (Wildman–Crippen LogP) is 3.60. The average molecular weight is 353 g/mol. The predicted molar refractivity (Wildman–Crippen MR) is 92.6 cm³/mol. The van der Waals surface area contributed by atoms with E-state index in [0.717, 1.165) is 19.4 Å². The van der Waals surface area contributed by atoms with E-state index in [0.29, 0.717) is 35.6 Å². The van der Waals surface area contributed by atoms with Gasteiger partial charge in [0, 0.05) is 25.6 Å². The molecule has 5 nitrogen and oxygen atoms in total. The number of halogens is 1. The molecule has 0 radical (unpaired) electrons. The van der Waals surface area contributed by atoms with Crippen LogP contribution in [0.1, 0.15) is 55.3 Å². The largest absolute Gasteiger partial charge is 0.473 e. The number of rotatable bonds is 5. The SMILES string of the molecule is O=C(NCC1CCCCC1)c1cnc(OC2CCOCC2)c(Cl)c1. The van der Waals surface area contributed by atoms with Crippen molar-refractivity contribution in [2.45, 2.75) is 51.0 Å². The Balaban J connectivity index is 1.53. The van der Waals surface area contributed by atoms with E-state index >= 15 is 0 Å². The third-order valence-electron chi connectivity index (χ3n) is 4.79. The number of hydrogen-bond donors (Lipinski definition) is 1. The molecule has 0 atom stereocenters. The Morgan fingerprint density at radius 3 is 2.71 bits per heavy atom. The molecule has 6 heteroatoms. The first-order chi connectivity index (χ1) is 11.7. The van der Waals surface area contributed by atoms with E-state index in [1.165, 1.54) is 38.3 Å². The number of pyridine rings is 1. The Hall–Kier alpha value is -1.33. The summed E-state index contributed by atoms with van der Waals surface area (Å²) < 4.78 is 11.1. The fourth-order valence-corrected chi connectivity index (χ4v) is 3.53. The first-order valence-electron chi connectivity index (χ1n) is 8.90. The van der Waals surface area contributed by atoms with Crippen molar-refractivity contribution >= 4 is 17.5 Å². The lowest BCUT2D eigenvalue weighted by atomic mass is 9.89. The maximum absolute atomic E-state index is 12.3. The van der Waals surface area contributed by atoms with E-state index in [1.54, 1.807) is 6.07 Å². The van der Waals surface area contributed by atoms with Crippen molar-refractivity contribution in [2.24, 2.45) is 5.92 Å². The van der Waals surface area contributed by atoms with Crippen molar-refractivity contribution in [1.82, 2.24) is 10.3 Å². The Bertz CT molecular complexity index is 555. The molecule has 2 aliphatic rings. The van der Waals surface area contributed by atoms with Gasteiger partial charge in [-0.3, -0.25) is 4.79 Å². The summed E-state index contributed by atoms with van der Waals surface area (Å²) >= 11 is 6.24. The summed E-state index contributed by atoms with van der Waals surface area (Å²) in [6.45, 7) is 2.13. The zero-order valence-electron chi connectivity index (χ0n) is 13.9. The van der Waals surface area contributed by atoms with E-state index in [9.17, 15) is 4.79 Å². The molecule has 1 aromatic heterocycles. The molecule has 1 saturated carbocycles. The molecule has 0 aromatic carbocycles. The van der Waals surface area contributed by atoms with Crippen molar-refractivity contribution in [2.75, 3.05) is 19.8 Å². The van der Waals surface area contributed by atoms with Gasteiger partial charge in [0.05, 0.1) is 18.8 Å². The minimum absolute atomic E-state index is 0.0785. The average Bonchev–Trinajstić information content (AvgIpc) is 2.63. The van der Waals surface area contributed by atoms with Crippen molar-refractivity contribution in [3.63, 3.8) is 0 Å². The Morgan fingerprint density at radius 2 is 2.00 bits per heavy atom. The van der Waals surface area contributed by atoms with E-state index in [4.69, 9.17) is 21.1 Å². The van der Waals surface area contributed by atoms with Crippen molar-refractivity contribution in [3.05, 3.63) is 22.8 Å². The highest BCUT2D eigenvalue weighted by Gasteiger charge is 2.19. The standard InChI is InChI=1S/C18H25ClN2O3/c19-16-10-14(17(22)20-11-13-4-2-1-3-5-13)12-21-18(16)24-15-6-8-23-9-7-15/h10,12-13,15H,1-9,11H2,(H,20,22). The van der Waals surface area contributed by atoms with Gasteiger partial charge in [0.1, 0.15) is 11.1 Å². The Labute approximate surface area is 148 Å². The van der Waals surface area contributed by atoms with Crippen LogP contribution in [-0.2, 0) is 4.74 Å². The molecule has 132 valence electrons. The fourth-order valence-electron chi connectivity index (χ4n) is 3.32. The summed E-state index contributed by atoms with van der Waals surface area (Å²) in [5.74, 6) is 0.877. The van der Waals surface area contributed by atoms with Gasteiger partial charge in [-0.1, -0.05) is 30.9 Å². The molecule has 0 unspecified atom stereocenters. The number of amides is 1. The topological polar surface area (TPSA) is 60.5 Å². The zero-order chi connectivity index (χ0) is 16.8. The van der Waals surface area contributed by atoms with Gasteiger partial charge in [0.15, 0.2) is 0 Å². The lowest BCUT2D eigenvalue weighted by molar-refractivity contribution is 0.0238. The number of nitrogens with one attached hydrogen (secondary N) is 1. The second-order valence-corrected chi connectivity index (χ2v) is 7.06. The third-order valence-corrected chi connectivity index (χ3v) is 5.06. The molecule has 1 aromatic rings. The Morgan fingerprint density at radius 1 is 1.25 bits per heavy atom. The van der Waals surface area contributed by atoms with Crippen LogP contribution in [0.4, 0.5) is 0 Å². The molecule has 1 amide bonds. The minimum Gasteiger partial charge on any atom is -0.473 e. The third kappa shape index (κ3) is 4.84. The molecule has 1 aliphatic carbocycles. The molecule has 2 fully saturated rings. The maximum atomic E-state index is 12.3. The molecule has 1 N–H and O–H groups in total. The molecular formula is C18H25ClN2O3. The van der Waals surface area contributed by atoms with Gasteiger partial charge in [0.2, 0.25) is 5.88 Å². The number of ether oxygens (including phenoxy) is 2. The minimum atomic E-state index is -0.118. The van der Waals surface area contributed by atoms with Crippen LogP contribution in [0.5, 0.6) is 5.88 Å². The Kier molecular flexibility index (Phi) is 6.32. The van der Waals surface area contributed by atoms with E-state index in [2.05, 4.69) is 10.3 Å². The van der Waals surface area contributed by atoms with E-state index < -0.39 is 0 Å². The first kappa shape index (κ1) is 17.5. The van der Waals surface area contributed by atoms with Crippen LogP contribution in [0.15, 0.2) is 12.3 Å². The van der Waals surface area contributed by atoms with Crippen LogP contribution < -0.4 is 10.1 Å². The molecule has 0 spiro atoms. The summed E-state index contributed by atoms with van der Waals surface area (Å²) in [5.41, 5.74) is 0.482. The monoisotopic (exact) mass is 352 g/mol. The highest BCUT2D eigenvalue weighted by atomic mass is 35.5. The lowest BCUT2D eigenvalue weighted by Crippen LogP contribution is -2.30. The van der Waals surface area contributed by atoms with Gasteiger partial charge in [-0.05, 0) is 24.8 Å². The summed E-state index contributed by atoms with van der Waals surface area (Å²) in [6.07, 6.45) is 9.56. The smallest absolute Gasteiger partial charge is 0.252 e. The summed E-state index contributed by atoms with van der Waals surface area (Å²) in [7, 11) is 0. The van der Waals surface area contributed by atoms with Gasteiger partial charge in [0.25, 0.3) is 5.91 Å². The number of nitrogens with zero attached hydrogens (tertiary/aromatic N) is 1. The van der Waals surface area contributed by atoms with Crippen LogP contribution in [0.25, 0.3) is 0 Å². The van der Waals surface area contributed by atoms with Gasteiger partial charge >= 0.3 is 0 Å². The highest BCUT2D eigenvalue weighted by molar-refractivity contribution is 6.32. The molecule has 24 heavy (non-hydrogen) atoms. The number of carbonyl (C=O) groups excluding carboxylic acids is 1. The van der Waals surface area contributed by atoms with E-state index in [1.807, 2.05) is 0 Å². The summed E-state index contributed by atoms with van der Waals surface area (Å²) in [6, 6.07) is 1.64. The second-order valence-electron chi connectivity index (χ2n) is 6.65. The van der Waals surface area contributed by atoms with Gasteiger partial charge < -0.3 is 14.8 Å². The number of aromatic nitrogens is 1. The van der Waals surface area contributed by atoms with Crippen molar-refractivity contribution in [3.8, 4) is 5.88 Å². The summed E-state index contributed by atoms with van der Waals surface area (Å²) in [5, 5.41) is 3.38. The van der Waals surface area contributed by atoms with Crippen LogP contribution in [-0.4, -0.2) is 36.8 Å². The number of hydrogen-bond acceptors (Lipinski definition) is 4. The van der Waals surface area contributed by atoms with Crippen molar-refractivity contribution in [1.29, 1.82) is 0 Å². The highest BCUT2D eigenvalue weighted by Crippen LogP contribution is 2.26. The van der Waals surface area contributed by atoms with Gasteiger partial charge in [-0.2, -0.15) is 0 Å². The van der Waals surface area contributed by atoms with Gasteiger partial charge in [-0.25, -0.2) is 4.98 Å². The normalized spacial score (nSPS) is 19.9. The molecule has 3 rings (SSSR count). The lowest BCUT2D eigenvalue weighted by Gasteiger charge is -2.23. The van der Waals surface area contributed by atoms with Crippen LogP contribution >= 0.6 is 11.6 Å². The van der Waals surface area contributed by atoms with Crippen LogP contribution in [0, 0.1) is 5.92 Å². The number of carbonyl (C=O) groups is 1. The maximum Gasteiger partial charge on any atom is 0.252 e. The molecule has 1 saturated heterocycles. The first-order valence-corrected chi connectivity index (χ1v) is 9.28. The second kappa shape index (κ2) is 8.67. The molecule has 1 aliphatic heterocycles.